The lowest BCUT2D eigenvalue weighted by Crippen LogP contribution is -2.40. The summed E-state index contributed by atoms with van der Waals surface area (Å²) < 4.78 is 5.47. The van der Waals surface area contributed by atoms with Gasteiger partial charge in [0.25, 0.3) is 0 Å². The van der Waals surface area contributed by atoms with E-state index >= 15 is 0 Å². The van der Waals surface area contributed by atoms with Gasteiger partial charge in [-0.15, -0.1) is 11.3 Å². The third kappa shape index (κ3) is 3.65. The van der Waals surface area contributed by atoms with Crippen LogP contribution in [0.5, 0.6) is 0 Å². The van der Waals surface area contributed by atoms with Crippen molar-refractivity contribution in [3.05, 3.63) is 46.5 Å². The molecule has 8 heteroatoms. The van der Waals surface area contributed by atoms with Crippen molar-refractivity contribution >= 4 is 17.2 Å². The van der Waals surface area contributed by atoms with Crippen LogP contribution < -0.4 is 0 Å². The molecule has 1 amide bonds. The fourth-order valence-corrected chi connectivity index (χ4v) is 3.79. The van der Waals surface area contributed by atoms with Gasteiger partial charge in [0, 0.05) is 36.4 Å². The maximum Gasteiger partial charge on any atom is 0.231 e. The van der Waals surface area contributed by atoms with E-state index in [9.17, 15) is 4.79 Å². The molecule has 1 aliphatic rings. The highest BCUT2D eigenvalue weighted by atomic mass is 32.1. The number of aromatic nitrogens is 4. The number of carbonyl (C=O) groups excluding carboxylic acids is 1. The van der Waals surface area contributed by atoms with Gasteiger partial charge in [0.05, 0.1) is 23.0 Å². The summed E-state index contributed by atoms with van der Waals surface area (Å²) in [6, 6.07) is 3.74. The van der Waals surface area contributed by atoms with Gasteiger partial charge in [-0.3, -0.25) is 9.78 Å². The van der Waals surface area contributed by atoms with Crippen molar-refractivity contribution < 1.29 is 9.32 Å². The molecular weight excluding hydrogens is 350 g/mol. The first kappa shape index (κ1) is 16.8. The molecule has 3 aromatic rings. The Morgan fingerprint density at radius 2 is 2.35 bits per heavy atom. The Balaban J connectivity index is 1.43. The van der Waals surface area contributed by atoms with E-state index < -0.39 is 0 Å². The standard InChI is InChI=1S/C18H19N5O2S/c1-12-20-15(11-26-12)8-16(24)23-7-3-5-14(10-23)18-21-17(22-25-18)13-4-2-6-19-9-13/h2,4,6,9,11,14H,3,5,7-8,10H2,1H3/t14-/m1/s1. The molecule has 0 N–H and O–H groups in total. The van der Waals surface area contributed by atoms with E-state index in [0.717, 1.165) is 35.7 Å². The van der Waals surface area contributed by atoms with Crippen molar-refractivity contribution in [1.82, 2.24) is 25.0 Å². The van der Waals surface area contributed by atoms with E-state index in [2.05, 4.69) is 20.1 Å². The summed E-state index contributed by atoms with van der Waals surface area (Å²) in [7, 11) is 0. The highest BCUT2D eigenvalue weighted by Crippen LogP contribution is 2.27. The second-order valence-electron chi connectivity index (χ2n) is 6.41. The van der Waals surface area contributed by atoms with Crippen molar-refractivity contribution in [3.8, 4) is 11.4 Å². The molecule has 1 aliphatic heterocycles. The average Bonchev–Trinajstić information content (AvgIpc) is 3.32. The van der Waals surface area contributed by atoms with Crippen LogP contribution in [-0.2, 0) is 11.2 Å². The Morgan fingerprint density at radius 3 is 3.12 bits per heavy atom. The van der Waals surface area contributed by atoms with Gasteiger partial charge in [-0.1, -0.05) is 5.16 Å². The highest BCUT2D eigenvalue weighted by molar-refractivity contribution is 7.09. The topological polar surface area (TPSA) is 85.0 Å². The molecule has 26 heavy (non-hydrogen) atoms. The van der Waals surface area contributed by atoms with Crippen LogP contribution in [0.15, 0.2) is 34.4 Å². The van der Waals surface area contributed by atoms with Crippen molar-refractivity contribution in [2.75, 3.05) is 13.1 Å². The minimum atomic E-state index is 0.0720. The summed E-state index contributed by atoms with van der Waals surface area (Å²) in [5, 5.41) is 7.00. The zero-order valence-corrected chi connectivity index (χ0v) is 15.3. The van der Waals surface area contributed by atoms with Gasteiger partial charge in [-0.25, -0.2) is 4.98 Å². The molecule has 0 aliphatic carbocycles. The van der Waals surface area contributed by atoms with Crippen molar-refractivity contribution in [3.63, 3.8) is 0 Å². The number of likely N-dealkylation sites (tertiary alicyclic amines) is 1. The van der Waals surface area contributed by atoms with E-state index in [1.165, 1.54) is 0 Å². The molecule has 134 valence electrons. The number of amides is 1. The van der Waals surface area contributed by atoms with Crippen LogP contribution >= 0.6 is 11.3 Å². The quantitative estimate of drug-likeness (QED) is 0.703. The summed E-state index contributed by atoms with van der Waals surface area (Å²) >= 11 is 1.57. The molecule has 1 atom stereocenters. The van der Waals surface area contributed by atoms with Gasteiger partial charge >= 0.3 is 0 Å². The number of hydrogen-bond acceptors (Lipinski definition) is 7. The minimum Gasteiger partial charge on any atom is -0.342 e. The number of hydrogen-bond donors (Lipinski definition) is 0. The first-order chi connectivity index (χ1) is 12.7. The fraction of sp³-hybridized carbons (Fsp3) is 0.389. The molecule has 0 unspecified atom stereocenters. The van der Waals surface area contributed by atoms with Crippen molar-refractivity contribution in [1.29, 1.82) is 0 Å². The van der Waals surface area contributed by atoms with Crippen LogP contribution in [0.25, 0.3) is 11.4 Å². The lowest BCUT2D eigenvalue weighted by molar-refractivity contribution is -0.131. The normalized spacial score (nSPS) is 17.4. The van der Waals surface area contributed by atoms with Gasteiger partial charge in [0.2, 0.25) is 17.6 Å². The van der Waals surface area contributed by atoms with Crippen molar-refractivity contribution in [2.45, 2.75) is 32.1 Å². The minimum absolute atomic E-state index is 0.0720. The lowest BCUT2D eigenvalue weighted by atomic mass is 9.97. The first-order valence-corrected chi connectivity index (χ1v) is 9.50. The number of nitrogens with zero attached hydrogens (tertiary/aromatic N) is 5. The fourth-order valence-electron chi connectivity index (χ4n) is 3.17. The highest BCUT2D eigenvalue weighted by Gasteiger charge is 2.29. The number of pyridine rings is 1. The maximum absolute atomic E-state index is 12.6. The Labute approximate surface area is 155 Å². The molecule has 0 spiro atoms. The molecular formula is C18H19N5O2S. The molecule has 4 rings (SSSR count). The summed E-state index contributed by atoms with van der Waals surface area (Å²) in [4.78, 5) is 27.5. The third-order valence-corrected chi connectivity index (χ3v) is 5.31. The van der Waals surface area contributed by atoms with E-state index in [-0.39, 0.29) is 11.8 Å². The second kappa shape index (κ2) is 7.33. The SMILES string of the molecule is Cc1nc(CC(=O)N2CCC[C@@H](c3nc(-c4cccnc4)no3)C2)cs1. The Morgan fingerprint density at radius 1 is 1.42 bits per heavy atom. The van der Waals surface area contributed by atoms with Gasteiger partial charge in [0.15, 0.2) is 0 Å². The summed E-state index contributed by atoms with van der Waals surface area (Å²) in [6.07, 6.45) is 5.63. The molecule has 1 fully saturated rings. The average molecular weight is 369 g/mol. The Hall–Kier alpha value is -2.61. The van der Waals surface area contributed by atoms with Crippen LogP contribution in [0, 0.1) is 6.92 Å². The van der Waals surface area contributed by atoms with Crippen LogP contribution in [-0.4, -0.2) is 44.0 Å². The number of aryl methyl sites for hydroxylation is 1. The maximum atomic E-state index is 12.6. The molecule has 3 aromatic heterocycles. The second-order valence-corrected chi connectivity index (χ2v) is 7.47. The van der Waals surface area contributed by atoms with Gasteiger partial charge in [-0.05, 0) is 31.9 Å². The summed E-state index contributed by atoms with van der Waals surface area (Å²) in [6.45, 7) is 3.32. The van der Waals surface area contributed by atoms with E-state index in [1.807, 2.05) is 29.3 Å². The largest absolute Gasteiger partial charge is 0.342 e. The van der Waals surface area contributed by atoms with E-state index in [1.54, 1.807) is 23.7 Å². The molecule has 0 aromatic carbocycles. The predicted molar refractivity (Wildman–Crippen MR) is 96.6 cm³/mol. The van der Waals surface area contributed by atoms with E-state index in [4.69, 9.17) is 4.52 Å². The van der Waals surface area contributed by atoms with Gasteiger partial charge < -0.3 is 9.42 Å². The smallest absolute Gasteiger partial charge is 0.231 e. The monoisotopic (exact) mass is 369 g/mol. The first-order valence-electron chi connectivity index (χ1n) is 8.62. The van der Waals surface area contributed by atoms with E-state index in [0.29, 0.717) is 24.7 Å². The summed E-state index contributed by atoms with van der Waals surface area (Å²) in [5.74, 6) is 1.30. The van der Waals surface area contributed by atoms with Crippen LogP contribution in [0.1, 0.15) is 35.4 Å². The predicted octanol–water partition coefficient (Wildman–Crippen LogP) is 2.85. The third-order valence-electron chi connectivity index (χ3n) is 4.48. The molecule has 0 bridgehead atoms. The molecule has 4 heterocycles. The van der Waals surface area contributed by atoms with Gasteiger partial charge in [0.1, 0.15) is 0 Å². The zero-order valence-electron chi connectivity index (χ0n) is 14.5. The lowest BCUT2D eigenvalue weighted by Gasteiger charge is -2.30. The Kier molecular flexibility index (Phi) is 4.75. The molecule has 0 saturated carbocycles. The molecule has 7 nitrogen and oxygen atoms in total. The summed E-state index contributed by atoms with van der Waals surface area (Å²) in [5.41, 5.74) is 1.67. The molecule has 1 saturated heterocycles. The number of carbonyl (C=O) groups is 1. The van der Waals surface area contributed by atoms with Crippen LogP contribution in [0.3, 0.4) is 0 Å². The number of rotatable bonds is 4. The Bertz CT molecular complexity index is 892. The van der Waals surface area contributed by atoms with Crippen LogP contribution in [0.4, 0.5) is 0 Å². The van der Waals surface area contributed by atoms with Crippen molar-refractivity contribution in [2.24, 2.45) is 0 Å². The zero-order chi connectivity index (χ0) is 17.9. The number of piperidine rings is 1. The molecule has 0 radical (unpaired) electrons. The van der Waals surface area contributed by atoms with Gasteiger partial charge in [-0.2, -0.15) is 4.98 Å². The van der Waals surface area contributed by atoms with Crippen LogP contribution in [0.2, 0.25) is 0 Å². The number of thiazole rings is 1.